The van der Waals surface area contributed by atoms with E-state index < -0.39 is 0 Å². The molecule has 0 unspecified atom stereocenters. The van der Waals surface area contributed by atoms with Crippen LogP contribution in [0, 0.1) is 0 Å². The summed E-state index contributed by atoms with van der Waals surface area (Å²) in [4.78, 5) is 12.2. The van der Waals surface area contributed by atoms with Gasteiger partial charge in [0.1, 0.15) is 0 Å². The normalized spacial score (nSPS) is 13.0. The van der Waals surface area contributed by atoms with Gasteiger partial charge >= 0.3 is 0 Å². The number of carbonyl (C=O) groups is 1. The van der Waals surface area contributed by atoms with Gasteiger partial charge in [-0.15, -0.1) is 0 Å². The van der Waals surface area contributed by atoms with Crippen molar-refractivity contribution in [2.75, 3.05) is 14.1 Å². The first-order valence-corrected chi connectivity index (χ1v) is 2.96. The van der Waals surface area contributed by atoms with Crippen LogP contribution in [0.3, 0.4) is 0 Å². The molecule has 0 radical (unpaired) electrons. The fourth-order valence-electron chi connectivity index (χ4n) is 0.374. The standard InChI is InChI=1S/C5H11NOS/c1-4(8)5(7)6(2)3/h4,8H,1-3H3/t4-/m1/s1. The van der Waals surface area contributed by atoms with Gasteiger partial charge in [0, 0.05) is 14.1 Å². The van der Waals surface area contributed by atoms with Crippen LogP contribution < -0.4 is 0 Å². The molecule has 3 heteroatoms. The molecule has 0 aromatic carbocycles. The first-order valence-electron chi connectivity index (χ1n) is 2.45. The van der Waals surface area contributed by atoms with E-state index in [-0.39, 0.29) is 11.2 Å². The third-order valence-corrected chi connectivity index (χ3v) is 1.02. The Morgan fingerprint density at radius 1 is 1.62 bits per heavy atom. The molecule has 0 fully saturated rings. The van der Waals surface area contributed by atoms with Gasteiger partial charge in [0.05, 0.1) is 5.25 Å². The molecule has 2 nitrogen and oxygen atoms in total. The fraction of sp³-hybridized carbons (Fsp3) is 0.800. The van der Waals surface area contributed by atoms with Crippen molar-refractivity contribution in [1.29, 1.82) is 0 Å². The van der Waals surface area contributed by atoms with Gasteiger partial charge in [0.2, 0.25) is 5.91 Å². The van der Waals surface area contributed by atoms with E-state index in [1.54, 1.807) is 21.0 Å². The van der Waals surface area contributed by atoms with Gasteiger partial charge in [-0.25, -0.2) is 0 Å². The quantitative estimate of drug-likeness (QED) is 0.513. The Kier molecular flexibility index (Phi) is 2.90. The number of hydrogen-bond donors (Lipinski definition) is 1. The van der Waals surface area contributed by atoms with E-state index in [0.717, 1.165) is 0 Å². The maximum atomic E-state index is 10.7. The van der Waals surface area contributed by atoms with E-state index >= 15 is 0 Å². The first kappa shape index (κ1) is 7.82. The summed E-state index contributed by atoms with van der Waals surface area (Å²) in [6.45, 7) is 1.76. The van der Waals surface area contributed by atoms with E-state index in [2.05, 4.69) is 12.6 Å². The van der Waals surface area contributed by atoms with Gasteiger partial charge in [-0.2, -0.15) is 12.6 Å². The van der Waals surface area contributed by atoms with Crippen molar-refractivity contribution < 1.29 is 4.79 Å². The average molecular weight is 133 g/mol. The molecular formula is C5H11NOS. The lowest BCUT2D eigenvalue weighted by Crippen LogP contribution is -2.28. The Hall–Kier alpha value is -0.180. The van der Waals surface area contributed by atoms with Crippen LogP contribution in [0.25, 0.3) is 0 Å². The number of thiol groups is 1. The summed E-state index contributed by atoms with van der Waals surface area (Å²) in [6.07, 6.45) is 0. The van der Waals surface area contributed by atoms with Crippen molar-refractivity contribution in [2.24, 2.45) is 0 Å². The average Bonchev–Trinajstić information content (AvgIpc) is 1.64. The molecule has 0 aromatic rings. The van der Waals surface area contributed by atoms with Crippen LogP contribution in [0.15, 0.2) is 0 Å². The van der Waals surface area contributed by atoms with Crippen LogP contribution in [0.1, 0.15) is 6.92 Å². The molecule has 0 saturated heterocycles. The van der Waals surface area contributed by atoms with Gasteiger partial charge in [-0.05, 0) is 6.92 Å². The summed E-state index contributed by atoms with van der Waals surface area (Å²) in [5.74, 6) is 0.0494. The van der Waals surface area contributed by atoms with E-state index in [0.29, 0.717) is 0 Å². The minimum atomic E-state index is -0.176. The van der Waals surface area contributed by atoms with Crippen molar-refractivity contribution in [3.05, 3.63) is 0 Å². The summed E-state index contributed by atoms with van der Waals surface area (Å²) in [7, 11) is 3.43. The number of amides is 1. The third-order valence-electron chi connectivity index (χ3n) is 0.798. The second kappa shape index (κ2) is 2.97. The largest absolute Gasteiger partial charge is 0.348 e. The highest BCUT2D eigenvalue weighted by Gasteiger charge is 2.07. The Morgan fingerprint density at radius 2 is 2.00 bits per heavy atom. The number of hydrogen-bond acceptors (Lipinski definition) is 2. The number of nitrogens with zero attached hydrogens (tertiary/aromatic N) is 1. The molecule has 48 valence electrons. The molecular weight excluding hydrogens is 122 g/mol. The van der Waals surface area contributed by atoms with Crippen LogP contribution >= 0.6 is 12.6 Å². The summed E-state index contributed by atoms with van der Waals surface area (Å²) < 4.78 is 0. The number of rotatable bonds is 1. The van der Waals surface area contributed by atoms with Crippen molar-refractivity contribution in [3.8, 4) is 0 Å². The summed E-state index contributed by atoms with van der Waals surface area (Å²) in [5.41, 5.74) is 0. The van der Waals surface area contributed by atoms with Crippen molar-refractivity contribution in [2.45, 2.75) is 12.2 Å². The van der Waals surface area contributed by atoms with Crippen molar-refractivity contribution in [1.82, 2.24) is 4.90 Å². The monoisotopic (exact) mass is 133 g/mol. The van der Waals surface area contributed by atoms with Gasteiger partial charge in [-0.1, -0.05) is 0 Å². The molecule has 0 aliphatic carbocycles. The molecule has 0 bridgehead atoms. The smallest absolute Gasteiger partial charge is 0.234 e. The predicted molar refractivity (Wildman–Crippen MR) is 37.1 cm³/mol. The highest BCUT2D eigenvalue weighted by molar-refractivity contribution is 7.81. The third kappa shape index (κ3) is 2.21. The van der Waals surface area contributed by atoms with Crippen LogP contribution in [-0.2, 0) is 4.79 Å². The second-order valence-corrected chi connectivity index (χ2v) is 2.68. The molecule has 0 aliphatic heterocycles. The molecule has 0 saturated carbocycles. The van der Waals surface area contributed by atoms with Gasteiger partial charge in [0.25, 0.3) is 0 Å². The summed E-state index contributed by atoms with van der Waals surface area (Å²) in [6, 6.07) is 0. The van der Waals surface area contributed by atoms with Gasteiger partial charge in [-0.3, -0.25) is 4.79 Å². The van der Waals surface area contributed by atoms with Crippen molar-refractivity contribution >= 4 is 18.5 Å². The van der Waals surface area contributed by atoms with Crippen LogP contribution in [0.4, 0.5) is 0 Å². The molecule has 0 rings (SSSR count). The topological polar surface area (TPSA) is 20.3 Å². The zero-order chi connectivity index (χ0) is 6.73. The van der Waals surface area contributed by atoms with E-state index in [1.165, 1.54) is 4.90 Å². The predicted octanol–water partition coefficient (Wildman–Crippen LogP) is 0.393. The van der Waals surface area contributed by atoms with Crippen molar-refractivity contribution in [3.63, 3.8) is 0 Å². The Morgan fingerprint density at radius 3 is 2.00 bits per heavy atom. The lowest BCUT2D eigenvalue weighted by Gasteiger charge is -2.11. The molecule has 1 atom stereocenters. The molecule has 0 N–H and O–H groups in total. The molecule has 0 spiro atoms. The lowest BCUT2D eigenvalue weighted by atomic mass is 10.4. The maximum absolute atomic E-state index is 10.7. The lowest BCUT2D eigenvalue weighted by molar-refractivity contribution is -0.127. The van der Waals surface area contributed by atoms with E-state index in [1.807, 2.05) is 0 Å². The summed E-state index contributed by atoms with van der Waals surface area (Å²) >= 11 is 3.94. The maximum Gasteiger partial charge on any atom is 0.234 e. The van der Waals surface area contributed by atoms with E-state index in [9.17, 15) is 4.79 Å². The fourth-order valence-corrected chi connectivity index (χ4v) is 0.605. The Balaban J connectivity index is 3.65. The Labute approximate surface area is 55.3 Å². The minimum absolute atomic E-state index is 0.0494. The van der Waals surface area contributed by atoms with Gasteiger partial charge < -0.3 is 4.90 Å². The molecule has 1 amide bonds. The minimum Gasteiger partial charge on any atom is -0.348 e. The van der Waals surface area contributed by atoms with Crippen LogP contribution in [0.5, 0.6) is 0 Å². The number of carbonyl (C=O) groups excluding carboxylic acids is 1. The Bertz CT molecular complexity index is 80.4. The first-order chi connectivity index (χ1) is 3.55. The SMILES string of the molecule is C[C@@H](S)C(=O)N(C)C. The molecule has 0 aromatic heterocycles. The zero-order valence-corrected chi connectivity index (χ0v) is 6.27. The summed E-state index contributed by atoms with van der Waals surface area (Å²) in [5, 5.41) is -0.176. The molecule has 0 heterocycles. The zero-order valence-electron chi connectivity index (χ0n) is 5.38. The highest BCUT2D eigenvalue weighted by atomic mass is 32.1. The molecule has 8 heavy (non-hydrogen) atoms. The van der Waals surface area contributed by atoms with Gasteiger partial charge in [0.15, 0.2) is 0 Å². The van der Waals surface area contributed by atoms with E-state index in [4.69, 9.17) is 0 Å². The highest BCUT2D eigenvalue weighted by Crippen LogP contribution is 1.94. The second-order valence-electron chi connectivity index (χ2n) is 1.91. The molecule has 0 aliphatic rings. The van der Waals surface area contributed by atoms with Crippen LogP contribution in [-0.4, -0.2) is 30.2 Å². The van der Waals surface area contributed by atoms with Crippen LogP contribution in [0.2, 0.25) is 0 Å².